The molecule has 0 unspecified atom stereocenters. The van der Waals surface area contributed by atoms with Gasteiger partial charge in [0.15, 0.2) is 0 Å². The van der Waals surface area contributed by atoms with Gasteiger partial charge in [-0.1, -0.05) is 0 Å². The number of rotatable bonds is 2. The van der Waals surface area contributed by atoms with Crippen LogP contribution in [0, 0.1) is 0 Å². The summed E-state index contributed by atoms with van der Waals surface area (Å²) in [4.78, 5) is 24.7. The summed E-state index contributed by atoms with van der Waals surface area (Å²) in [7, 11) is 0. The predicted molar refractivity (Wildman–Crippen MR) is 69.5 cm³/mol. The van der Waals surface area contributed by atoms with Gasteiger partial charge in [-0.2, -0.15) is 0 Å². The van der Waals surface area contributed by atoms with E-state index in [0.717, 1.165) is 0 Å². The van der Waals surface area contributed by atoms with Crippen LogP contribution in [0.15, 0.2) is 21.9 Å². The van der Waals surface area contributed by atoms with Crippen LogP contribution in [0.2, 0.25) is 0 Å². The maximum absolute atomic E-state index is 11.6. The molecule has 0 aromatic carbocycles. The molecule has 8 nitrogen and oxygen atoms in total. The van der Waals surface area contributed by atoms with Crippen LogP contribution in [0.1, 0.15) is 6.42 Å². The first kappa shape index (κ1) is 15.3. The molecule has 1 aromatic rings. The third-order valence-corrected chi connectivity index (χ3v) is 3.80. The average Bonchev–Trinajstić information content (AvgIpc) is 2.54. The van der Waals surface area contributed by atoms with Crippen molar-refractivity contribution < 1.29 is 20.4 Å². The molecule has 0 saturated carbocycles. The van der Waals surface area contributed by atoms with Crippen LogP contribution in [0.4, 0.5) is 0 Å². The van der Waals surface area contributed by atoms with E-state index >= 15 is 0 Å². The Bertz CT molecular complexity index is 528. The highest BCUT2D eigenvalue weighted by molar-refractivity contribution is 14.1. The summed E-state index contributed by atoms with van der Waals surface area (Å²) < 4.78 is 5.54. The zero-order valence-corrected chi connectivity index (χ0v) is 11.3. The van der Waals surface area contributed by atoms with E-state index in [1.165, 1.54) is 16.8 Å². The molecule has 0 aliphatic carbocycles. The maximum Gasteiger partial charge on any atom is 0.331 e. The van der Waals surface area contributed by atoms with E-state index in [1.54, 1.807) is 0 Å². The van der Waals surface area contributed by atoms with Gasteiger partial charge in [0, 0.05) is 18.7 Å². The predicted octanol–water partition coefficient (Wildman–Crippen LogP) is -2.10. The van der Waals surface area contributed by atoms with E-state index in [1.807, 2.05) is 22.6 Å². The molecule has 102 valence electrons. The minimum Gasteiger partial charge on any atom is -0.412 e. The van der Waals surface area contributed by atoms with Crippen LogP contribution in [0.3, 0.4) is 0 Å². The third kappa shape index (κ3) is 2.64. The first-order valence-electron chi connectivity index (χ1n) is 4.94. The Morgan fingerprint density at radius 2 is 2.28 bits per heavy atom. The number of hydrogen-bond donors (Lipinski definition) is 3. The SMILES string of the molecule is O.O=c1ccn([C@@]2(I)C[C@H](O)[C@@H](CO)O2)c(=O)[nH]1. The highest BCUT2D eigenvalue weighted by atomic mass is 127. The van der Waals surface area contributed by atoms with Gasteiger partial charge in [0.05, 0.1) is 12.7 Å². The van der Waals surface area contributed by atoms with Gasteiger partial charge in [-0.3, -0.25) is 14.3 Å². The van der Waals surface area contributed by atoms with E-state index in [0.29, 0.717) is 0 Å². The highest BCUT2D eigenvalue weighted by Crippen LogP contribution is 2.39. The summed E-state index contributed by atoms with van der Waals surface area (Å²) >= 11 is 1.87. The lowest BCUT2D eigenvalue weighted by molar-refractivity contribution is -0.0554. The molecule has 5 N–H and O–H groups in total. The van der Waals surface area contributed by atoms with Gasteiger partial charge in [0.1, 0.15) is 6.10 Å². The van der Waals surface area contributed by atoms with Crippen molar-refractivity contribution in [3.8, 4) is 0 Å². The number of aromatic amines is 1. The van der Waals surface area contributed by atoms with Crippen molar-refractivity contribution in [1.82, 2.24) is 9.55 Å². The minimum atomic E-state index is -1.09. The van der Waals surface area contributed by atoms with Gasteiger partial charge in [-0.05, 0) is 22.6 Å². The van der Waals surface area contributed by atoms with Crippen LogP contribution in [0.25, 0.3) is 0 Å². The number of aromatic nitrogens is 2. The van der Waals surface area contributed by atoms with Crippen molar-refractivity contribution in [2.24, 2.45) is 0 Å². The Morgan fingerprint density at radius 3 is 2.78 bits per heavy atom. The van der Waals surface area contributed by atoms with Crippen molar-refractivity contribution >= 4 is 22.6 Å². The number of alkyl halides is 1. The molecule has 9 heteroatoms. The van der Waals surface area contributed by atoms with Gasteiger partial charge in [0.2, 0.25) is 3.73 Å². The molecule has 2 heterocycles. The zero-order chi connectivity index (χ0) is 12.6. The quantitative estimate of drug-likeness (QED) is 0.404. The third-order valence-electron chi connectivity index (χ3n) is 2.59. The van der Waals surface area contributed by atoms with E-state index in [-0.39, 0.29) is 18.5 Å². The number of nitrogens with zero attached hydrogens (tertiary/aromatic N) is 1. The number of halogens is 1. The Kier molecular flexibility index (Phi) is 4.66. The molecule has 3 atom stereocenters. The monoisotopic (exact) mass is 372 g/mol. The maximum atomic E-state index is 11.6. The molecule has 0 amide bonds. The van der Waals surface area contributed by atoms with Crippen LogP contribution >= 0.6 is 22.6 Å². The lowest BCUT2D eigenvalue weighted by Crippen LogP contribution is -2.40. The van der Waals surface area contributed by atoms with Gasteiger partial charge in [-0.15, -0.1) is 0 Å². The minimum absolute atomic E-state index is 0. The lowest BCUT2D eigenvalue weighted by atomic mass is 10.2. The normalized spacial score (nSPS) is 31.1. The van der Waals surface area contributed by atoms with Crippen molar-refractivity contribution in [3.05, 3.63) is 33.1 Å². The standard InChI is InChI=1S/C9H11IN2O5.H2O/c10-9(3-5(14)6(4-13)17-9)12-2-1-7(15)11-8(12)16;/h1-2,5-6,13-14H,3-4H2,(H,11,15,16);1H2/t5-,6+,9-;/m0./s1. The van der Waals surface area contributed by atoms with Crippen LogP contribution in [-0.2, 0) is 8.47 Å². The second kappa shape index (κ2) is 5.48. The Morgan fingerprint density at radius 1 is 1.61 bits per heavy atom. The Balaban J connectivity index is 0.00000162. The largest absolute Gasteiger partial charge is 0.412 e. The summed E-state index contributed by atoms with van der Waals surface area (Å²) in [5, 5.41) is 18.6. The molecule has 2 rings (SSSR count). The van der Waals surface area contributed by atoms with Crippen molar-refractivity contribution in [2.45, 2.75) is 22.4 Å². The highest BCUT2D eigenvalue weighted by Gasteiger charge is 2.45. The topological polar surface area (TPSA) is 136 Å². The van der Waals surface area contributed by atoms with E-state index in [4.69, 9.17) is 9.84 Å². The number of hydrogen-bond acceptors (Lipinski definition) is 5. The van der Waals surface area contributed by atoms with Crippen molar-refractivity contribution in [1.29, 1.82) is 0 Å². The molecule has 0 spiro atoms. The molecular weight excluding hydrogens is 359 g/mol. The van der Waals surface area contributed by atoms with Gasteiger partial charge >= 0.3 is 5.69 Å². The molecule has 1 fully saturated rings. The summed E-state index contributed by atoms with van der Waals surface area (Å²) in [6.07, 6.45) is -0.119. The van der Waals surface area contributed by atoms with Crippen molar-refractivity contribution in [2.75, 3.05) is 6.61 Å². The van der Waals surface area contributed by atoms with Gasteiger partial charge in [0.25, 0.3) is 5.56 Å². The Hall–Kier alpha value is -0.750. The Labute approximate surface area is 115 Å². The summed E-state index contributed by atoms with van der Waals surface area (Å²) in [5.41, 5.74) is -1.11. The average molecular weight is 372 g/mol. The van der Waals surface area contributed by atoms with Gasteiger partial charge < -0.3 is 20.4 Å². The molecule has 0 bridgehead atoms. The molecule has 1 aliphatic heterocycles. The number of aliphatic hydroxyl groups excluding tert-OH is 2. The van der Waals surface area contributed by atoms with Crippen LogP contribution < -0.4 is 11.2 Å². The number of nitrogens with one attached hydrogen (secondary N) is 1. The van der Waals surface area contributed by atoms with Crippen molar-refractivity contribution in [3.63, 3.8) is 0 Å². The lowest BCUT2D eigenvalue weighted by Gasteiger charge is -2.24. The fourth-order valence-corrected chi connectivity index (χ4v) is 2.90. The van der Waals surface area contributed by atoms with E-state index in [9.17, 15) is 14.7 Å². The summed E-state index contributed by atoms with van der Waals surface area (Å²) in [6, 6.07) is 1.20. The summed E-state index contributed by atoms with van der Waals surface area (Å²) in [5.74, 6) is 0. The molecule has 1 saturated heterocycles. The first-order chi connectivity index (χ1) is 7.96. The van der Waals surface area contributed by atoms with Gasteiger partial charge in [-0.25, -0.2) is 4.79 Å². The molecular formula is C9H13IN2O6. The second-order valence-corrected chi connectivity index (χ2v) is 5.47. The molecule has 0 radical (unpaired) electrons. The number of ether oxygens (including phenoxy) is 1. The van der Waals surface area contributed by atoms with Crippen LogP contribution in [0.5, 0.6) is 0 Å². The fourth-order valence-electron chi connectivity index (χ4n) is 1.74. The fraction of sp³-hybridized carbons (Fsp3) is 0.556. The molecule has 1 aromatic heterocycles. The summed E-state index contributed by atoms with van der Waals surface area (Å²) in [6.45, 7) is -0.329. The van der Waals surface area contributed by atoms with Crippen LogP contribution in [-0.4, -0.2) is 44.1 Å². The molecule has 1 aliphatic rings. The zero-order valence-electron chi connectivity index (χ0n) is 9.17. The number of H-pyrrole nitrogens is 1. The van der Waals surface area contributed by atoms with E-state index in [2.05, 4.69) is 4.98 Å². The number of aliphatic hydroxyl groups is 2. The smallest absolute Gasteiger partial charge is 0.331 e. The molecule has 18 heavy (non-hydrogen) atoms. The first-order valence-corrected chi connectivity index (χ1v) is 6.02. The second-order valence-electron chi connectivity index (χ2n) is 3.78. The van der Waals surface area contributed by atoms with E-state index < -0.39 is 27.2 Å².